The van der Waals surface area contributed by atoms with E-state index in [0.717, 1.165) is 9.70 Å². The number of allylic oxidation sites excluding steroid dienone is 2. The number of aliphatic hydroxyl groups is 1. The second kappa shape index (κ2) is 8.04. The summed E-state index contributed by atoms with van der Waals surface area (Å²) in [6, 6.07) is 3.47. The Balaban J connectivity index is 2.17. The smallest absolute Gasteiger partial charge is 0.273 e. The van der Waals surface area contributed by atoms with Crippen LogP contribution in [0.15, 0.2) is 34.0 Å². The molecule has 0 saturated carbocycles. The molecular formula is C17H15BrClN3O2. The highest BCUT2D eigenvalue weighted by molar-refractivity contribution is 9.11. The number of halogens is 2. The summed E-state index contributed by atoms with van der Waals surface area (Å²) < 4.78 is 0.737. The number of terminal acetylenes is 1. The molecule has 0 fully saturated rings. The Morgan fingerprint density at radius 1 is 1.58 bits per heavy atom. The van der Waals surface area contributed by atoms with Gasteiger partial charge in [-0.2, -0.15) is 0 Å². The fraction of sp³-hybridized carbons (Fsp3) is 0.176. The number of nitrogens with zero attached hydrogens (tertiary/aromatic N) is 1. The van der Waals surface area contributed by atoms with E-state index in [-0.39, 0.29) is 11.3 Å². The molecule has 0 saturated heterocycles. The van der Waals surface area contributed by atoms with Crippen molar-refractivity contribution in [3.8, 4) is 12.3 Å². The molecule has 5 nitrogen and oxygen atoms in total. The molecule has 1 aromatic heterocycles. The van der Waals surface area contributed by atoms with Crippen LogP contribution in [0.1, 0.15) is 13.3 Å². The van der Waals surface area contributed by atoms with E-state index in [1.807, 2.05) is 13.0 Å². The number of alkyl halides is 1. The molecule has 2 rings (SSSR count). The average molecular weight is 409 g/mol. The zero-order chi connectivity index (χ0) is 17.7. The van der Waals surface area contributed by atoms with Gasteiger partial charge in [-0.05, 0) is 35.7 Å². The first-order chi connectivity index (χ1) is 11.5. The number of hydrazine groups is 1. The summed E-state index contributed by atoms with van der Waals surface area (Å²) in [4.78, 5) is 16.6. The molecule has 1 aromatic rings. The van der Waals surface area contributed by atoms with E-state index in [1.165, 1.54) is 6.08 Å². The molecule has 0 aromatic carbocycles. The summed E-state index contributed by atoms with van der Waals surface area (Å²) in [5.74, 6) is 2.21. The van der Waals surface area contributed by atoms with Crippen molar-refractivity contribution in [2.24, 2.45) is 0 Å². The molecule has 1 atom stereocenters. The van der Waals surface area contributed by atoms with Gasteiger partial charge in [-0.15, -0.1) is 18.0 Å². The molecule has 24 heavy (non-hydrogen) atoms. The third kappa shape index (κ3) is 4.19. The van der Waals surface area contributed by atoms with E-state index in [2.05, 4.69) is 37.7 Å². The summed E-state index contributed by atoms with van der Waals surface area (Å²) >= 11 is 9.29. The van der Waals surface area contributed by atoms with Gasteiger partial charge < -0.3 is 5.11 Å². The van der Waals surface area contributed by atoms with Crippen LogP contribution < -0.4 is 21.4 Å². The Bertz CT molecular complexity index is 884. The zero-order valence-electron chi connectivity index (χ0n) is 12.8. The maximum absolute atomic E-state index is 12.2. The summed E-state index contributed by atoms with van der Waals surface area (Å²) in [5.41, 5.74) is 5.29. The van der Waals surface area contributed by atoms with Crippen molar-refractivity contribution in [2.45, 2.75) is 18.7 Å². The minimum absolute atomic E-state index is 0.0974. The predicted molar refractivity (Wildman–Crippen MR) is 99.6 cm³/mol. The first-order valence-corrected chi connectivity index (χ1v) is 8.28. The largest absolute Gasteiger partial charge is 0.510 e. The van der Waals surface area contributed by atoms with Gasteiger partial charge >= 0.3 is 0 Å². The fourth-order valence-electron chi connectivity index (χ4n) is 2.09. The highest BCUT2D eigenvalue weighted by Gasteiger charge is 2.24. The van der Waals surface area contributed by atoms with Gasteiger partial charge in [0.15, 0.2) is 0 Å². The lowest BCUT2D eigenvalue weighted by molar-refractivity contribution is -0.116. The standard InChI is InChI=1S/C17H15BrClN3O2/c1-3-5-10-6-7-15(20-14(10)4-2)21-22-17(24)12-8-11(18)9-13(19)16(12)23/h1,4-8,13,23H,9H2,2H3,(H,20,21)(H,22,24)/b10-5-,14-4+. The summed E-state index contributed by atoms with van der Waals surface area (Å²) in [6.45, 7) is 1.84. The van der Waals surface area contributed by atoms with E-state index >= 15 is 0 Å². The number of nitrogens with one attached hydrogen (secondary N) is 2. The number of aromatic nitrogens is 1. The molecule has 0 aliphatic heterocycles. The minimum Gasteiger partial charge on any atom is -0.510 e. The van der Waals surface area contributed by atoms with Crippen LogP contribution in [0.3, 0.4) is 0 Å². The van der Waals surface area contributed by atoms with E-state index < -0.39 is 11.3 Å². The molecule has 1 heterocycles. The van der Waals surface area contributed by atoms with Crippen molar-refractivity contribution in [1.29, 1.82) is 0 Å². The van der Waals surface area contributed by atoms with Crippen LogP contribution in [0, 0.1) is 12.3 Å². The fourth-order valence-corrected chi connectivity index (χ4v) is 3.12. The Hall–Kier alpha value is -2.23. The lowest BCUT2D eigenvalue weighted by Gasteiger charge is -2.18. The van der Waals surface area contributed by atoms with Gasteiger partial charge in [-0.3, -0.25) is 15.6 Å². The SMILES string of the molecule is C#C/C=c1/ccc(NNC(=O)C2=C(O)C(Cl)CC(Br)=C2)n/c1=C/C. The maximum atomic E-state index is 12.2. The van der Waals surface area contributed by atoms with E-state index in [9.17, 15) is 9.90 Å². The van der Waals surface area contributed by atoms with Crippen LogP contribution in [-0.4, -0.2) is 21.4 Å². The average Bonchev–Trinajstić information content (AvgIpc) is 2.57. The van der Waals surface area contributed by atoms with Gasteiger partial charge in [0, 0.05) is 11.6 Å². The van der Waals surface area contributed by atoms with E-state index in [1.54, 1.807) is 18.2 Å². The summed E-state index contributed by atoms with van der Waals surface area (Å²) in [7, 11) is 0. The number of aliphatic hydroxyl groups excluding tert-OH is 1. The normalized spacial score (nSPS) is 18.9. The minimum atomic E-state index is -0.636. The van der Waals surface area contributed by atoms with Gasteiger partial charge in [-0.25, -0.2) is 4.98 Å². The van der Waals surface area contributed by atoms with Crippen molar-refractivity contribution in [1.82, 2.24) is 10.4 Å². The van der Waals surface area contributed by atoms with Gasteiger partial charge in [0.25, 0.3) is 5.91 Å². The molecule has 124 valence electrons. The molecule has 1 aliphatic carbocycles. The number of hydrogen-bond acceptors (Lipinski definition) is 4. The van der Waals surface area contributed by atoms with Crippen LogP contribution >= 0.6 is 27.5 Å². The number of rotatable bonds is 3. The molecule has 0 spiro atoms. The van der Waals surface area contributed by atoms with Crippen LogP contribution in [0.2, 0.25) is 0 Å². The topological polar surface area (TPSA) is 74.2 Å². The lowest BCUT2D eigenvalue weighted by Crippen LogP contribution is -2.35. The predicted octanol–water partition coefficient (Wildman–Crippen LogP) is 1.84. The number of amides is 1. The zero-order valence-corrected chi connectivity index (χ0v) is 15.1. The highest BCUT2D eigenvalue weighted by atomic mass is 79.9. The number of carbonyl (C=O) groups excluding carboxylic acids is 1. The molecule has 1 aliphatic rings. The Labute approximate surface area is 152 Å². The van der Waals surface area contributed by atoms with Gasteiger partial charge in [0.2, 0.25) is 0 Å². The highest BCUT2D eigenvalue weighted by Crippen LogP contribution is 2.29. The van der Waals surface area contributed by atoms with Crippen LogP contribution in [0.4, 0.5) is 5.82 Å². The van der Waals surface area contributed by atoms with Crippen LogP contribution in [0.25, 0.3) is 12.2 Å². The summed E-state index contributed by atoms with van der Waals surface area (Å²) in [6.07, 6.45) is 10.7. The number of anilines is 1. The molecule has 3 N–H and O–H groups in total. The van der Waals surface area contributed by atoms with Crippen LogP contribution in [-0.2, 0) is 4.79 Å². The van der Waals surface area contributed by atoms with Gasteiger partial charge in [0.1, 0.15) is 11.6 Å². The molecule has 1 unspecified atom stereocenters. The number of hydrogen-bond donors (Lipinski definition) is 3. The molecule has 1 amide bonds. The van der Waals surface area contributed by atoms with Gasteiger partial charge in [0.05, 0.1) is 16.3 Å². The van der Waals surface area contributed by atoms with Crippen molar-refractivity contribution in [2.75, 3.05) is 5.43 Å². The Morgan fingerprint density at radius 3 is 3.00 bits per heavy atom. The maximum Gasteiger partial charge on any atom is 0.273 e. The van der Waals surface area contributed by atoms with E-state index in [4.69, 9.17) is 18.0 Å². The van der Waals surface area contributed by atoms with Gasteiger partial charge in [-0.1, -0.05) is 27.9 Å². The third-order valence-corrected chi connectivity index (χ3v) is 4.18. The van der Waals surface area contributed by atoms with Crippen LogP contribution in [0.5, 0.6) is 0 Å². The molecule has 0 bridgehead atoms. The monoisotopic (exact) mass is 407 g/mol. The lowest BCUT2D eigenvalue weighted by atomic mass is 10.0. The first kappa shape index (κ1) is 18.1. The van der Waals surface area contributed by atoms with Crippen molar-refractivity contribution < 1.29 is 9.90 Å². The third-order valence-electron chi connectivity index (χ3n) is 3.27. The summed E-state index contributed by atoms with van der Waals surface area (Å²) in [5, 5.41) is 10.8. The molecular weight excluding hydrogens is 394 g/mol. The second-order valence-electron chi connectivity index (χ2n) is 4.91. The van der Waals surface area contributed by atoms with E-state index in [0.29, 0.717) is 17.6 Å². The van der Waals surface area contributed by atoms with Crippen molar-refractivity contribution in [3.63, 3.8) is 0 Å². The quantitative estimate of drug-likeness (QED) is 0.405. The Morgan fingerprint density at radius 2 is 2.33 bits per heavy atom. The molecule has 7 heteroatoms. The Kier molecular flexibility index (Phi) is 6.07. The second-order valence-corrected chi connectivity index (χ2v) is 6.46. The van der Waals surface area contributed by atoms with Crippen molar-refractivity contribution >= 4 is 51.4 Å². The first-order valence-electron chi connectivity index (χ1n) is 7.05. The molecule has 0 radical (unpaired) electrons. The number of pyridine rings is 1. The van der Waals surface area contributed by atoms with Crippen molar-refractivity contribution in [3.05, 3.63) is 44.6 Å². The number of carbonyl (C=O) groups is 1.